The van der Waals surface area contributed by atoms with E-state index < -0.39 is 0 Å². The highest BCUT2D eigenvalue weighted by Gasteiger charge is 2.31. The van der Waals surface area contributed by atoms with Crippen LogP contribution < -0.4 is 5.32 Å². The lowest BCUT2D eigenvalue weighted by Gasteiger charge is -2.25. The lowest BCUT2D eigenvalue weighted by molar-refractivity contribution is -0.125. The van der Waals surface area contributed by atoms with Gasteiger partial charge in [-0.2, -0.15) is 0 Å². The summed E-state index contributed by atoms with van der Waals surface area (Å²) in [5.41, 5.74) is 0. The first-order chi connectivity index (χ1) is 9.34. The highest BCUT2D eigenvalue weighted by molar-refractivity contribution is 7.10. The smallest absolute Gasteiger partial charge is 0.223 e. The van der Waals surface area contributed by atoms with E-state index in [9.17, 15) is 4.79 Å². The molecule has 2 fully saturated rings. The van der Waals surface area contributed by atoms with E-state index in [2.05, 4.69) is 22.8 Å². The Bertz CT molecular complexity index is 402. The Hall–Kier alpha value is -0.830. The third kappa shape index (κ3) is 3.02. The van der Waals surface area contributed by atoms with E-state index in [0.29, 0.717) is 11.8 Å². The Morgan fingerprint density at radius 3 is 2.47 bits per heavy atom. The zero-order valence-corrected chi connectivity index (χ0v) is 12.3. The molecule has 1 amide bonds. The summed E-state index contributed by atoms with van der Waals surface area (Å²) < 4.78 is 0. The zero-order chi connectivity index (χ0) is 13.1. The molecule has 104 valence electrons. The second-order valence-corrected chi connectivity index (χ2v) is 7.01. The number of hydrogen-bond donors (Lipinski definition) is 1. The number of rotatable bonds is 4. The first-order valence-electron chi connectivity index (χ1n) is 7.68. The van der Waals surface area contributed by atoms with Gasteiger partial charge in [0.1, 0.15) is 0 Å². The van der Waals surface area contributed by atoms with Gasteiger partial charge in [0.25, 0.3) is 0 Å². The second kappa shape index (κ2) is 6.08. The molecular formula is C16H23NOS. The lowest BCUT2D eigenvalue weighted by Crippen LogP contribution is -2.35. The van der Waals surface area contributed by atoms with Gasteiger partial charge in [-0.25, -0.2) is 0 Å². The quantitative estimate of drug-likeness (QED) is 0.874. The summed E-state index contributed by atoms with van der Waals surface area (Å²) in [6.45, 7) is 0. The van der Waals surface area contributed by atoms with Gasteiger partial charge in [-0.15, -0.1) is 11.3 Å². The van der Waals surface area contributed by atoms with Gasteiger partial charge in [-0.1, -0.05) is 31.7 Å². The van der Waals surface area contributed by atoms with Crippen molar-refractivity contribution in [1.82, 2.24) is 5.32 Å². The van der Waals surface area contributed by atoms with Crippen LogP contribution in [0.3, 0.4) is 0 Å². The molecule has 0 aliphatic heterocycles. The molecule has 0 bridgehead atoms. The van der Waals surface area contributed by atoms with Crippen LogP contribution in [0.4, 0.5) is 0 Å². The molecule has 1 aromatic heterocycles. The summed E-state index contributed by atoms with van der Waals surface area (Å²) in [6.07, 6.45) is 9.83. The summed E-state index contributed by atoms with van der Waals surface area (Å²) in [5.74, 6) is 1.25. The molecule has 2 aliphatic rings. The molecule has 2 nitrogen and oxygen atoms in total. The van der Waals surface area contributed by atoms with Crippen molar-refractivity contribution in [3.8, 4) is 0 Å². The predicted molar refractivity (Wildman–Crippen MR) is 79.1 cm³/mol. The standard InChI is InChI=1S/C16H23NOS/c18-16(13-8-3-4-9-13)17-15(12-6-1-2-7-12)14-10-5-11-19-14/h5,10-13,15H,1-4,6-9H2,(H,17,18)/t15-/m0/s1. The van der Waals surface area contributed by atoms with Gasteiger partial charge in [0.2, 0.25) is 5.91 Å². The fourth-order valence-corrected chi connectivity index (χ4v) is 4.51. The summed E-state index contributed by atoms with van der Waals surface area (Å²) in [7, 11) is 0. The molecule has 0 spiro atoms. The van der Waals surface area contributed by atoms with Crippen molar-refractivity contribution in [2.75, 3.05) is 0 Å². The van der Waals surface area contributed by atoms with Crippen LogP contribution in [-0.2, 0) is 4.79 Å². The number of carbonyl (C=O) groups is 1. The molecule has 19 heavy (non-hydrogen) atoms. The molecule has 2 saturated carbocycles. The molecule has 1 N–H and O–H groups in total. The van der Waals surface area contributed by atoms with E-state index >= 15 is 0 Å². The van der Waals surface area contributed by atoms with Crippen LogP contribution >= 0.6 is 11.3 Å². The van der Waals surface area contributed by atoms with Crippen LogP contribution in [0, 0.1) is 11.8 Å². The summed E-state index contributed by atoms with van der Waals surface area (Å²) >= 11 is 1.79. The first-order valence-corrected chi connectivity index (χ1v) is 8.56. The highest BCUT2D eigenvalue weighted by atomic mass is 32.1. The minimum atomic E-state index is 0.274. The maximum Gasteiger partial charge on any atom is 0.223 e. The van der Waals surface area contributed by atoms with E-state index in [1.807, 2.05) is 0 Å². The van der Waals surface area contributed by atoms with Crippen LogP contribution in [0.15, 0.2) is 17.5 Å². The average Bonchev–Trinajstić information content (AvgIpc) is 3.17. The zero-order valence-electron chi connectivity index (χ0n) is 11.4. The van der Waals surface area contributed by atoms with Crippen molar-refractivity contribution in [1.29, 1.82) is 0 Å². The Morgan fingerprint density at radius 2 is 1.84 bits per heavy atom. The molecule has 0 radical (unpaired) electrons. The van der Waals surface area contributed by atoms with E-state index in [1.54, 1.807) is 11.3 Å². The molecule has 1 atom stereocenters. The Balaban J connectivity index is 1.69. The van der Waals surface area contributed by atoms with Crippen LogP contribution in [0.1, 0.15) is 62.3 Å². The molecule has 0 unspecified atom stereocenters. The van der Waals surface area contributed by atoms with Gasteiger partial charge >= 0.3 is 0 Å². The van der Waals surface area contributed by atoms with E-state index in [4.69, 9.17) is 0 Å². The largest absolute Gasteiger partial charge is 0.348 e. The minimum Gasteiger partial charge on any atom is -0.348 e. The predicted octanol–water partition coefficient (Wildman–Crippen LogP) is 4.29. The molecule has 2 aliphatic carbocycles. The maximum absolute atomic E-state index is 12.4. The van der Waals surface area contributed by atoms with Gasteiger partial charge in [0.15, 0.2) is 0 Å². The summed E-state index contributed by atoms with van der Waals surface area (Å²) in [5, 5.41) is 5.50. The van der Waals surface area contributed by atoms with Gasteiger partial charge < -0.3 is 5.32 Å². The lowest BCUT2D eigenvalue weighted by atomic mass is 9.95. The topological polar surface area (TPSA) is 29.1 Å². The van der Waals surface area contributed by atoms with Crippen LogP contribution in [0.2, 0.25) is 0 Å². The van der Waals surface area contributed by atoms with E-state index in [1.165, 1.54) is 43.4 Å². The van der Waals surface area contributed by atoms with Crippen molar-refractivity contribution in [2.45, 2.75) is 57.4 Å². The van der Waals surface area contributed by atoms with Crippen LogP contribution in [0.25, 0.3) is 0 Å². The molecular weight excluding hydrogens is 254 g/mol. The Labute approximate surface area is 119 Å². The number of amides is 1. The summed E-state index contributed by atoms with van der Waals surface area (Å²) in [4.78, 5) is 13.7. The third-order valence-corrected chi connectivity index (χ3v) is 5.70. The maximum atomic E-state index is 12.4. The van der Waals surface area contributed by atoms with Gasteiger partial charge in [-0.05, 0) is 43.0 Å². The van der Waals surface area contributed by atoms with Crippen LogP contribution in [0.5, 0.6) is 0 Å². The third-order valence-electron chi connectivity index (χ3n) is 4.74. The molecule has 3 heteroatoms. The van der Waals surface area contributed by atoms with Crippen LogP contribution in [-0.4, -0.2) is 5.91 Å². The Kier molecular flexibility index (Phi) is 4.21. The number of hydrogen-bond acceptors (Lipinski definition) is 2. The number of nitrogens with one attached hydrogen (secondary N) is 1. The second-order valence-electron chi connectivity index (χ2n) is 6.03. The average molecular weight is 277 g/mol. The summed E-state index contributed by atoms with van der Waals surface area (Å²) in [6, 6.07) is 4.56. The van der Waals surface area contributed by atoms with Crippen molar-refractivity contribution in [2.24, 2.45) is 11.8 Å². The minimum absolute atomic E-state index is 0.274. The monoisotopic (exact) mass is 277 g/mol. The molecule has 3 rings (SSSR count). The molecule has 1 aromatic rings. The fraction of sp³-hybridized carbons (Fsp3) is 0.688. The van der Waals surface area contributed by atoms with Gasteiger partial charge in [0, 0.05) is 10.8 Å². The van der Waals surface area contributed by atoms with Gasteiger partial charge in [-0.3, -0.25) is 4.79 Å². The highest BCUT2D eigenvalue weighted by Crippen LogP contribution is 2.38. The van der Waals surface area contributed by atoms with E-state index in [-0.39, 0.29) is 12.0 Å². The SMILES string of the molecule is O=C(N[C@H](c1cccs1)C1CCCC1)C1CCCC1. The van der Waals surface area contributed by atoms with E-state index in [0.717, 1.165) is 12.8 Å². The van der Waals surface area contributed by atoms with Crippen molar-refractivity contribution in [3.63, 3.8) is 0 Å². The molecule has 0 aromatic carbocycles. The Morgan fingerprint density at radius 1 is 1.16 bits per heavy atom. The van der Waals surface area contributed by atoms with Gasteiger partial charge in [0.05, 0.1) is 6.04 Å². The first kappa shape index (κ1) is 13.2. The van der Waals surface area contributed by atoms with Crippen molar-refractivity contribution >= 4 is 17.2 Å². The normalized spacial score (nSPS) is 22.7. The number of thiophene rings is 1. The molecule has 1 heterocycles. The molecule has 0 saturated heterocycles. The van der Waals surface area contributed by atoms with Crippen molar-refractivity contribution in [3.05, 3.63) is 22.4 Å². The fourth-order valence-electron chi connectivity index (χ4n) is 3.64. The van der Waals surface area contributed by atoms with Crippen molar-refractivity contribution < 1.29 is 4.79 Å². The number of carbonyl (C=O) groups excluding carboxylic acids is 1.